The molecule has 1 N–H and O–H groups in total. The summed E-state index contributed by atoms with van der Waals surface area (Å²) in [4.78, 5) is 11.9. The first-order chi connectivity index (χ1) is 17.9. The Kier molecular flexibility index (Phi) is 17.5. The number of unbranched alkanes of at least 4 members (excludes halogenated alkanes) is 6. The monoisotopic (exact) mass is 596 g/mol. The Bertz CT molecular complexity index is 616. The second-order valence-electron chi connectivity index (χ2n) is 9.41. The quantitative estimate of drug-likeness (QED) is 0.0604. The number of alkyl halides is 10. The highest BCUT2D eigenvalue weighted by molar-refractivity contribution is 5.69. The molecule has 0 amide bonds. The van der Waals surface area contributed by atoms with E-state index >= 15 is 0 Å². The fourth-order valence-corrected chi connectivity index (χ4v) is 3.13. The van der Waals surface area contributed by atoms with Crippen LogP contribution in [-0.4, -0.2) is 68.0 Å². The van der Waals surface area contributed by atoms with E-state index in [-0.39, 0.29) is 70.9 Å². The van der Waals surface area contributed by atoms with Gasteiger partial charge in [-0.2, -0.15) is 43.9 Å². The molecule has 0 aromatic carbocycles. The molecular formula is C24H38F10O5. The fourth-order valence-electron chi connectivity index (χ4n) is 3.13. The molecule has 0 heterocycles. The number of halogens is 10. The topological polar surface area (TPSA) is 65.0 Å². The van der Waals surface area contributed by atoms with Crippen molar-refractivity contribution in [2.45, 2.75) is 114 Å². The van der Waals surface area contributed by atoms with Crippen LogP contribution in [0.4, 0.5) is 43.9 Å². The Morgan fingerprint density at radius 1 is 0.692 bits per heavy atom. The number of aliphatic hydroxyl groups is 1. The van der Waals surface area contributed by atoms with Crippen LogP contribution in [0.5, 0.6) is 0 Å². The molecule has 234 valence electrons. The number of carbonyl (C=O) groups is 1. The Hall–Kier alpha value is -1.35. The molecule has 0 aliphatic rings. The average Bonchev–Trinajstić information content (AvgIpc) is 2.82. The predicted molar refractivity (Wildman–Crippen MR) is 120 cm³/mol. The van der Waals surface area contributed by atoms with Crippen LogP contribution in [0.15, 0.2) is 0 Å². The second-order valence-corrected chi connectivity index (χ2v) is 9.41. The van der Waals surface area contributed by atoms with Gasteiger partial charge in [-0.3, -0.25) is 4.79 Å². The summed E-state index contributed by atoms with van der Waals surface area (Å²) in [6.07, 6.45) is -13.9. The van der Waals surface area contributed by atoms with Gasteiger partial charge in [0.2, 0.25) is 0 Å². The van der Waals surface area contributed by atoms with E-state index in [9.17, 15) is 48.7 Å². The van der Waals surface area contributed by atoms with Gasteiger partial charge in [-0.1, -0.05) is 32.6 Å². The summed E-state index contributed by atoms with van der Waals surface area (Å²) in [7, 11) is 0. The lowest BCUT2D eigenvalue weighted by atomic mass is 10.1. The van der Waals surface area contributed by atoms with Crippen LogP contribution >= 0.6 is 0 Å². The van der Waals surface area contributed by atoms with E-state index in [0.29, 0.717) is 25.7 Å². The maximum absolute atomic E-state index is 12.9. The van der Waals surface area contributed by atoms with Crippen LogP contribution in [0, 0.1) is 5.92 Å². The zero-order chi connectivity index (χ0) is 30.2. The molecular weight excluding hydrogens is 558 g/mol. The molecule has 0 radical (unpaired) electrons. The first-order valence-corrected chi connectivity index (χ1v) is 12.8. The van der Waals surface area contributed by atoms with Crippen LogP contribution in [0.1, 0.15) is 84.0 Å². The lowest BCUT2D eigenvalue weighted by molar-refractivity contribution is -0.284. The normalized spacial score (nSPS) is 14.2. The molecule has 0 fully saturated rings. The van der Waals surface area contributed by atoms with Crippen molar-refractivity contribution in [2.75, 3.05) is 26.4 Å². The summed E-state index contributed by atoms with van der Waals surface area (Å²) in [5.41, 5.74) is 0. The lowest BCUT2D eigenvalue weighted by Crippen LogP contribution is -2.36. The molecule has 0 aromatic heterocycles. The van der Waals surface area contributed by atoms with Gasteiger partial charge in [0.15, 0.2) is 6.29 Å². The van der Waals surface area contributed by atoms with E-state index in [1.54, 1.807) is 6.92 Å². The summed E-state index contributed by atoms with van der Waals surface area (Å²) >= 11 is 0. The maximum atomic E-state index is 12.9. The van der Waals surface area contributed by atoms with Crippen molar-refractivity contribution in [3.63, 3.8) is 0 Å². The van der Waals surface area contributed by atoms with E-state index in [4.69, 9.17) is 19.3 Å². The zero-order valence-electron chi connectivity index (χ0n) is 21.8. The smallest absolute Gasteiger partial charge is 0.453 e. The standard InChI is InChI=1S/C24H38F10O5/c1-18(16-35)17-39-19(36)10-11-20(37-14-8-4-2-6-12-21(25,26)23(29,30)31)38-15-9-5-3-7-13-22(27,28)24(32,33)34/h18,20,35H,2-17H2,1H3. The van der Waals surface area contributed by atoms with E-state index in [1.165, 1.54) is 0 Å². The van der Waals surface area contributed by atoms with E-state index in [2.05, 4.69) is 0 Å². The summed E-state index contributed by atoms with van der Waals surface area (Å²) in [6.45, 7) is 1.61. The molecule has 0 bridgehead atoms. The highest BCUT2D eigenvalue weighted by atomic mass is 19.4. The number of hydrogen-bond acceptors (Lipinski definition) is 5. The minimum atomic E-state index is -5.59. The number of carbonyl (C=O) groups excluding carboxylic acids is 1. The Balaban J connectivity index is 4.40. The lowest BCUT2D eigenvalue weighted by Gasteiger charge is -2.20. The third-order valence-electron chi connectivity index (χ3n) is 5.63. The van der Waals surface area contributed by atoms with Crippen LogP contribution < -0.4 is 0 Å². The number of rotatable bonds is 22. The Morgan fingerprint density at radius 2 is 1.10 bits per heavy atom. The largest absolute Gasteiger partial charge is 0.465 e. The first kappa shape index (κ1) is 37.6. The number of hydrogen-bond donors (Lipinski definition) is 1. The van der Waals surface area contributed by atoms with Gasteiger partial charge in [0, 0.05) is 45.0 Å². The molecule has 1 unspecified atom stereocenters. The third kappa shape index (κ3) is 17.2. The van der Waals surface area contributed by atoms with E-state index in [1.807, 2.05) is 0 Å². The summed E-state index contributed by atoms with van der Waals surface area (Å²) in [5, 5.41) is 8.96. The first-order valence-electron chi connectivity index (χ1n) is 12.8. The van der Waals surface area contributed by atoms with Crippen LogP contribution in [-0.2, 0) is 19.0 Å². The van der Waals surface area contributed by atoms with Gasteiger partial charge >= 0.3 is 30.2 Å². The van der Waals surface area contributed by atoms with Crippen LogP contribution in [0.2, 0.25) is 0 Å². The van der Waals surface area contributed by atoms with E-state index in [0.717, 1.165) is 0 Å². The highest BCUT2D eigenvalue weighted by Crippen LogP contribution is 2.40. The van der Waals surface area contributed by atoms with Crippen molar-refractivity contribution in [3.05, 3.63) is 0 Å². The van der Waals surface area contributed by atoms with Gasteiger partial charge in [0.05, 0.1) is 13.0 Å². The van der Waals surface area contributed by atoms with Crippen molar-refractivity contribution >= 4 is 5.97 Å². The Labute approximate surface area is 221 Å². The van der Waals surface area contributed by atoms with Gasteiger partial charge < -0.3 is 19.3 Å². The molecule has 1 atom stereocenters. The van der Waals surface area contributed by atoms with Crippen molar-refractivity contribution in [3.8, 4) is 0 Å². The number of ether oxygens (including phenoxy) is 3. The van der Waals surface area contributed by atoms with Crippen LogP contribution in [0.3, 0.4) is 0 Å². The molecule has 5 nitrogen and oxygen atoms in total. The third-order valence-corrected chi connectivity index (χ3v) is 5.63. The van der Waals surface area contributed by atoms with Crippen LogP contribution in [0.25, 0.3) is 0 Å². The molecule has 0 saturated carbocycles. The molecule has 15 heteroatoms. The highest BCUT2D eigenvalue weighted by Gasteiger charge is 2.57. The molecule has 0 saturated heterocycles. The Morgan fingerprint density at radius 3 is 1.49 bits per heavy atom. The number of esters is 1. The minimum absolute atomic E-state index is 0.00246. The van der Waals surface area contributed by atoms with Crippen molar-refractivity contribution in [1.82, 2.24) is 0 Å². The minimum Gasteiger partial charge on any atom is -0.465 e. The predicted octanol–water partition coefficient (Wildman–Crippen LogP) is 7.59. The van der Waals surface area contributed by atoms with Gasteiger partial charge in [-0.05, 0) is 25.7 Å². The summed E-state index contributed by atoms with van der Waals surface area (Å²) < 4.78 is 141. The van der Waals surface area contributed by atoms with Gasteiger partial charge in [0.1, 0.15) is 0 Å². The van der Waals surface area contributed by atoms with E-state index < -0.39 is 49.3 Å². The zero-order valence-corrected chi connectivity index (χ0v) is 21.8. The van der Waals surface area contributed by atoms with Crippen molar-refractivity contribution in [1.29, 1.82) is 0 Å². The number of aliphatic hydroxyl groups excluding tert-OH is 1. The van der Waals surface area contributed by atoms with Crippen molar-refractivity contribution in [2.24, 2.45) is 5.92 Å². The molecule has 0 aromatic rings. The molecule has 0 rings (SSSR count). The average molecular weight is 597 g/mol. The SMILES string of the molecule is CC(CO)COC(=O)CCC(OCCCCCCC(F)(F)C(F)(F)F)OCCCCCCC(F)(F)C(F)(F)F. The van der Waals surface area contributed by atoms with Gasteiger partial charge in [-0.25, -0.2) is 0 Å². The molecule has 0 aliphatic heterocycles. The second kappa shape index (κ2) is 18.2. The molecule has 0 spiro atoms. The summed E-state index contributed by atoms with van der Waals surface area (Å²) in [5.74, 6) is -10.3. The maximum Gasteiger partial charge on any atom is 0.453 e. The molecule has 39 heavy (non-hydrogen) atoms. The van der Waals surface area contributed by atoms with Gasteiger partial charge in [0.25, 0.3) is 0 Å². The van der Waals surface area contributed by atoms with Crippen molar-refractivity contribution < 1.29 is 68.0 Å². The van der Waals surface area contributed by atoms with Gasteiger partial charge in [-0.15, -0.1) is 0 Å². The molecule has 0 aliphatic carbocycles. The summed E-state index contributed by atoms with van der Waals surface area (Å²) in [6, 6.07) is 0. The fraction of sp³-hybridized carbons (Fsp3) is 0.958.